The molecule has 0 aliphatic rings. The van der Waals surface area contributed by atoms with Crippen LogP contribution in [0.2, 0.25) is 0 Å². The van der Waals surface area contributed by atoms with Gasteiger partial charge in [-0.05, 0) is 54.7 Å². The normalized spacial score (nSPS) is 13.6. The number of nitrogens with two attached hydrogens (primary N) is 1. The second kappa shape index (κ2) is 10.7. The molecule has 0 bridgehead atoms. The molecule has 2 N–H and O–H groups in total. The van der Waals surface area contributed by atoms with Crippen LogP contribution in [0.3, 0.4) is 0 Å². The van der Waals surface area contributed by atoms with Gasteiger partial charge in [0.15, 0.2) is 0 Å². The molecule has 1 aromatic rings. The molecule has 0 spiro atoms. The Hall–Kier alpha value is -2.02. The van der Waals surface area contributed by atoms with E-state index in [1.807, 2.05) is 6.08 Å². The summed E-state index contributed by atoms with van der Waals surface area (Å²) < 4.78 is 0. The summed E-state index contributed by atoms with van der Waals surface area (Å²) in [5.41, 5.74) is 10.8. The van der Waals surface area contributed by atoms with Crippen molar-refractivity contribution in [1.82, 2.24) is 0 Å². The lowest BCUT2D eigenvalue weighted by molar-refractivity contribution is 0.834. The number of hydrogen-bond acceptors (Lipinski definition) is 1. The molecule has 1 aromatic carbocycles. The van der Waals surface area contributed by atoms with Crippen molar-refractivity contribution in [3.8, 4) is 0 Å². The second-order valence-corrected chi connectivity index (χ2v) is 6.16. The first-order valence-electron chi connectivity index (χ1n) is 8.61. The summed E-state index contributed by atoms with van der Waals surface area (Å²) in [5.74, 6) is 0.538. The van der Waals surface area contributed by atoms with Gasteiger partial charge in [-0.15, -0.1) is 0 Å². The van der Waals surface area contributed by atoms with Crippen LogP contribution < -0.4 is 5.73 Å². The van der Waals surface area contributed by atoms with Crippen LogP contribution in [-0.4, -0.2) is 0 Å². The highest BCUT2D eigenvalue weighted by Gasteiger charge is 2.01. The van der Waals surface area contributed by atoms with E-state index >= 15 is 0 Å². The van der Waals surface area contributed by atoms with Crippen molar-refractivity contribution in [2.75, 3.05) is 0 Å². The third-order valence-corrected chi connectivity index (χ3v) is 3.57. The first kappa shape index (κ1) is 19.0. The molecular formula is C22H31N. The van der Waals surface area contributed by atoms with Crippen molar-refractivity contribution < 1.29 is 0 Å². The minimum atomic E-state index is 0.538. The van der Waals surface area contributed by atoms with Crippen molar-refractivity contribution in [2.24, 2.45) is 11.7 Å². The highest BCUT2D eigenvalue weighted by molar-refractivity contribution is 5.74. The molecule has 0 heterocycles. The zero-order valence-corrected chi connectivity index (χ0v) is 15.0. The van der Waals surface area contributed by atoms with E-state index in [0.717, 1.165) is 19.3 Å². The summed E-state index contributed by atoms with van der Waals surface area (Å²) >= 11 is 0. The summed E-state index contributed by atoms with van der Waals surface area (Å²) in [7, 11) is 0. The SMILES string of the molecule is C/C=C\C(=C/C(C)C)c1cccc(C/C=C(\C=C/N)CCC)c1. The van der Waals surface area contributed by atoms with E-state index in [1.165, 1.54) is 22.3 Å². The van der Waals surface area contributed by atoms with Crippen LogP contribution in [0.15, 0.2) is 66.4 Å². The fraction of sp³-hybridized carbons (Fsp3) is 0.364. The second-order valence-electron chi connectivity index (χ2n) is 6.16. The third kappa shape index (κ3) is 7.19. The Morgan fingerprint density at radius 2 is 2.00 bits per heavy atom. The van der Waals surface area contributed by atoms with Crippen LogP contribution >= 0.6 is 0 Å². The van der Waals surface area contributed by atoms with Crippen LogP contribution in [0.4, 0.5) is 0 Å². The topological polar surface area (TPSA) is 26.0 Å². The van der Waals surface area contributed by atoms with Crippen molar-refractivity contribution in [3.63, 3.8) is 0 Å². The van der Waals surface area contributed by atoms with Gasteiger partial charge < -0.3 is 5.73 Å². The van der Waals surface area contributed by atoms with Crippen LogP contribution in [0.1, 0.15) is 51.7 Å². The van der Waals surface area contributed by atoms with Crippen molar-refractivity contribution in [3.05, 3.63) is 77.5 Å². The zero-order chi connectivity index (χ0) is 17.1. The Bertz CT molecular complexity index is 586. The third-order valence-electron chi connectivity index (χ3n) is 3.57. The number of hydrogen-bond donors (Lipinski definition) is 1. The van der Waals surface area contributed by atoms with E-state index in [0.29, 0.717) is 5.92 Å². The fourth-order valence-corrected chi connectivity index (χ4v) is 2.58. The predicted octanol–water partition coefficient (Wildman–Crippen LogP) is 6.04. The molecule has 0 atom stereocenters. The van der Waals surface area contributed by atoms with Gasteiger partial charge in [-0.2, -0.15) is 0 Å². The predicted molar refractivity (Wildman–Crippen MR) is 104 cm³/mol. The Labute approximate surface area is 142 Å². The van der Waals surface area contributed by atoms with E-state index in [-0.39, 0.29) is 0 Å². The van der Waals surface area contributed by atoms with Crippen molar-refractivity contribution in [1.29, 1.82) is 0 Å². The molecule has 0 saturated heterocycles. The lowest BCUT2D eigenvalue weighted by Crippen LogP contribution is -1.90. The highest BCUT2D eigenvalue weighted by atomic mass is 14.5. The van der Waals surface area contributed by atoms with Gasteiger partial charge in [0, 0.05) is 0 Å². The Morgan fingerprint density at radius 3 is 2.61 bits per heavy atom. The minimum Gasteiger partial charge on any atom is -0.405 e. The van der Waals surface area contributed by atoms with Crippen molar-refractivity contribution >= 4 is 5.57 Å². The first-order valence-corrected chi connectivity index (χ1v) is 8.61. The fourth-order valence-electron chi connectivity index (χ4n) is 2.58. The minimum absolute atomic E-state index is 0.538. The number of rotatable bonds is 8. The maximum atomic E-state index is 5.54. The lowest BCUT2D eigenvalue weighted by atomic mass is 9.97. The molecule has 0 amide bonds. The Morgan fingerprint density at radius 1 is 1.22 bits per heavy atom. The molecule has 0 fully saturated rings. The van der Waals surface area contributed by atoms with Crippen LogP contribution in [0.5, 0.6) is 0 Å². The van der Waals surface area contributed by atoms with Gasteiger partial charge in [-0.3, -0.25) is 0 Å². The van der Waals surface area contributed by atoms with Gasteiger partial charge >= 0.3 is 0 Å². The molecule has 0 aliphatic heterocycles. The molecule has 0 aliphatic carbocycles. The largest absolute Gasteiger partial charge is 0.405 e. The van der Waals surface area contributed by atoms with E-state index in [2.05, 4.69) is 76.3 Å². The van der Waals surface area contributed by atoms with Crippen LogP contribution in [0.25, 0.3) is 5.57 Å². The molecule has 1 nitrogen and oxygen atoms in total. The Kier molecular flexibility index (Phi) is 8.82. The standard InChI is InChI=1S/C22H31N/c1-5-8-19(14-15-23)12-13-20-10-7-11-22(17-20)21(9-6-2)16-18(3)4/h6-7,9-12,14-18H,5,8,13,23H2,1-4H3/b9-6-,15-14-,19-12-,21-16+. The molecular weight excluding hydrogens is 278 g/mol. The Balaban J connectivity index is 3.01. The summed E-state index contributed by atoms with van der Waals surface area (Å²) in [6, 6.07) is 8.82. The molecule has 124 valence electrons. The van der Waals surface area contributed by atoms with Gasteiger partial charge in [-0.25, -0.2) is 0 Å². The molecule has 0 aromatic heterocycles. The molecule has 1 heteroatoms. The van der Waals surface area contributed by atoms with Crippen molar-refractivity contribution in [2.45, 2.75) is 47.0 Å². The quantitative estimate of drug-likeness (QED) is 0.582. The summed E-state index contributed by atoms with van der Waals surface area (Å²) in [4.78, 5) is 0. The summed E-state index contributed by atoms with van der Waals surface area (Å²) in [6.45, 7) is 8.69. The number of allylic oxidation sites excluding steroid dienone is 7. The van der Waals surface area contributed by atoms with Gasteiger partial charge in [-0.1, -0.05) is 81.3 Å². The maximum Gasteiger partial charge on any atom is -0.00597 e. The van der Waals surface area contributed by atoms with Gasteiger partial charge in [0.1, 0.15) is 0 Å². The summed E-state index contributed by atoms with van der Waals surface area (Å²) in [5, 5.41) is 0. The van der Waals surface area contributed by atoms with E-state index in [9.17, 15) is 0 Å². The molecule has 0 radical (unpaired) electrons. The van der Waals surface area contributed by atoms with Crippen LogP contribution in [0, 0.1) is 5.92 Å². The van der Waals surface area contributed by atoms with Crippen LogP contribution in [-0.2, 0) is 6.42 Å². The molecule has 23 heavy (non-hydrogen) atoms. The average Bonchev–Trinajstić information content (AvgIpc) is 2.52. The molecule has 1 rings (SSSR count). The smallest absolute Gasteiger partial charge is 0.00597 e. The highest BCUT2D eigenvalue weighted by Crippen LogP contribution is 2.20. The number of benzene rings is 1. The van der Waals surface area contributed by atoms with E-state index in [4.69, 9.17) is 5.73 Å². The molecule has 0 saturated carbocycles. The zero-order valence-electron chi connectivity index (χ0n) is 15.0. The first-order chi connectivity index (χ1) is 11.1. The monoisotopic (exact) mass is 309 g/mol. The molecule has 0 unspecified atom stereocenters. The lowest BCUT2D eigenvalue weighted by Gasteiger charge is -2.08. The average molecular weight is 309 g/mol. The van der Waals surface area contributed by atoms with Gasteiger partial charge in [0.05, 0.1) is 0 Å². The summed E-state index contributed by atoms with van der Waals surface area (Å²) in [6.07, 6.45) is 15.7. The van der Waals surface area contributed by atoms with Gasteiger partial charge in [0.2, 0.25) is 0 Å². The van der Waals surface area contributed by atoms with Gasteiger partial charge in [0.25, 0.3) is 0 Å². The maximum absolute atomic E-state index is 5.54. The van der Waals surface area contributed by atoms with E-state index < -0.39 is 0 Å². The van der Waals surface area contributed by atoms with E-state index in [1.54, 1.807) is 6.20 Å².